The molecule has 0 unspecified atom stereocenters. The minimum Gasteiger partial charge on any atom is -0.455 e. The maximum atomic E-state index is 11.9. The van der Waals surface area contributed by atoms with Crippen molar-refractivity contribution in [1.82, 2.24) is 5.16 Å². The van der Waals surface area contributed by atoms with Crippen LogP contribution in [0.4, 0.5) is 5.88 Å². The smallest absolute Gasteiger partial charge is 0.310 e. The summed E-state index contributed by atoms with van der Waals surface area (Å²) in [5, 5.41) is 6.43. The van der Waals surface area contributed by atoms with Crippen LogP contribution in [0.2, 0.25) is 0 Å². The second-order valence-corrected chi connectivity index (χ2v) is 7.13. The Morgan fingerprint density at radius 1 is 1.16 bits per heavy atom. The van der Waals surface area contributed by atoms with Crippen LogP contribution in [0.25, 0.3) is 0 Å². The molecule has 134 valence electrons. The molecule has 0 aliphatic heterocycles. The first-order valence-electron chi connectivity index (χ1n) is 8.14. The molecule has 0 bridgehead atoms. The molecule has 0 spiro atoms. The number of hydrogen-bond donors (Lipinski definition) is 1. The van der Waals surface area contributed by atoms with Crippen LogP contribution in [-0.2, 0) is 26.2 Å². The van der Waals surface area contributed by atoms with E-state index in [2.05, 4.69) is 10.5 Å². The molecule has 0 saturated carbocycles. The summed E-state index contributed by atoms with van der Waals surface area (Å²) >= 11 is 0. The molecule has 2 rings (SSSR count). The average Bonchev–Trinajstić information content (AvgIpc) is 2.98. The number of carbonyl (C=O) groups is 2. The molecule has 0 aliphatic carbocycles. The van der Waals surface area contributed by atoms with Gasteiger partial charge in [-0.3, -0.25) is 14.9 Å². The van der Waals surface area contributed by atoms with Crippen LogP contribution in [0.3, 0.4) is 0 Å². The fraction of sp³-hybridized carbons (Fsp3) is 0.421. The number of aryl methyl sites for hydroxylation is 2. The fourth-order valence-corrected chi connectivity index (χ4v) is 2.14. The Labute approximate surface area is 147 Å². The van der Waals surface area contributed by atoms with E-state index in [1.807, 2.05) is 52.8 Å². The number of rotatable bonds is 5. The third-order valence-corrected chi connectivity index (χ3v) is 3.83. The molecule has 1 aromatic carbocycles. The highest BCUT2D eigenvalue weighted by Crippen LogP contribution is 2.23. The number of aromatic nitrogens is 1. The molecule has 1 amide bonds. The summed E-state index contributed by atoms with van der Waals surface area (Å²) in [4.78, 5) is 23.7. The highest BCUT2D eigenvalue weighted by Gasteiger charge is 2.20. The van der Waals surface area contributed by atoms with Gasteiger partial charge in [0, 0.05) is 11.5 Å². The Hall–Kier alpha value is -2.63. The monoisotopic (exact) mass is 344 g/mol. The lowest BCUT2D eigenvalue weighted by Crippen LogP contribution is -2.21. The van der Waals surface area contributed by atoms with Gasteiger partial charge in [0.15, 0.2) is 6.61 Å². The number of carbonyl (C=O) groups excluding carboxylic acids is 2. The number of nitrogens with zero attached hydrogens (tertiary/aromatic N) is 1. The molecule has 0 saturated heterocycles. The van der Waals surface area contributed by atoms with E-state index in [1.54, 1.807) is 6.07 Å². The normalized spacial score (nSPS) is 11.2. The van der Waals surface area contributed by atoms with Gasteiger partial charge in [0.1, 0.15) is 0 Å². The zero-order chi connectivity index (χ0) is 18.6. The third-order valence-electron chi connectivity index (χ3n) is 3.83. The van der Waals surface area contributed by atoms with Crippen molar-refractivity contribution in [1.29, 1.82) is 0 Å². The fourth-order valence-electron chi connectivity index (χ4n) is 2.14. The topological polar surface area (TPSA) is 81.4 Å². The lowest BCUT2D eigenvalue weighted by atomic mass is 9.92. The van der Waals surface area contributed by atoms with Gasteiger partial charge < -0.3 is 9.26 Å². The maximum Gasteiger partial charge on any atom is 0.310 e. The standard InChI is InChI=1S/C19H24N2O4/c1-12-6-7-14(8-13(12)2)9-18(23)24-11-16(22)20-17-10-15(21-25-17)19(3,4)5/h6-8,10H,9,11H2,1-5H3,(H,20,22). The Balaban J connectivity index is 1.82. The number of benzene rings is 1. The molecule has 1 aromatic heterocycles. The number of anilines is 1. The first-order valence-corrected chi connectivity index (χ1v) is 8.14. The molecule has 2 aromatic rings. The van der Waals surface area contributed by atoms with Crippen molar-refractivity contribution in [2.24, 2.45) is 0 Å². The summed E-state index contributed by atoms with van der Waals surface area (Å²) in [7, 11) is 0. The third kappa shape index (κ3) is 5.45. The SMILES string of the molecule is Cc1ccc(CC(=O)OCC(=O)Nc2cc(C(C)(C)C)no2)cc1C. The van der Waals surface area contributed by atoms with Crippen molar-refractivity contribution in [2.45, 2.75) is 46.5 Å². The van der Waals surface area contributed by atoms with E-state index in [0.717, 1.165) is 22.4 Å². The van der Waals surface area contributed by atoms with Crippen LogP contribution < -0.4 is 5.32 Å². The maximum absolute atomic E-state index is 11.9. The lowest BCUT2D eigenvalue weighted by molar-refractivity contribution is -0.146. The molecule has 6 nitrogen and oxygen atoms in total. The summed E-state index contributed by atoms with van der Waals surface area (Å²) in [6.45, 7) is 9.60. The summed E-state index contributed by atoms with van der Waals surface area (Å²) < 4.78 is 10.1. The van der Waals surface area contributed by atoms with E-state index >= 15 is 0 Å². The average molecular weight is 344 g/mol. The van der Waals surface area contributed by atoms with Gasteiger partial charge in [0.25, 0.3) is 5.91 Å². The van der Waals surface area contributed by atoms with Crippen LogP contribution in [0.5, 0.6) is 0 Å². The van der Waals surface area contributed by atoms with E-state index in [4.69, 9.17) is 9.26 Å². The van der Waals surface area contributed by atoms with Gasteiger partial charge in [-0.1, -0.05) is 44.1 Å². The van der Waals surface area contributed by atoms with Crippen molar-refractivity contribution in [3.8, 4) is 0 Å². The number of amides is 1. The second kappa shape index (κ2) is 7.51. The summed E-state index contributed by atoms with van der Waals surface area (Å²) in [5.41, 5.74) is 3.69. The predicted octanol–water partition coefficient (Wildman–Crippen LogP) is 3.31. The lowest BCUT2D eigenvalue weighted by Gasteiger charge is -2.12. The molecule has 1 N–H and O–H groups in total. The Bertz CT molecular complexity index is 772. The van der Waals surface area contributed by atoms with Crippen LogP contribution in [0.15, 0.2) is 28.8 Å². The van der Waals surface area contributed by atoms with E-state index in [0.29, 0.717) is 0 Å². The van der Waals surface area contributed by atoms with Gasteiger partial charge >= 0.3 is 5.97 Å². The zero-order valence-corrected chi connectivity index (χ0v) is 15.3. The first kappa shape index (κ1) is 18.7. The highest BCUT2D eigenvalue weighted by molar-refractivity contribution is 5.91. The van der Waals surface area contributed by atoms with Gasteiger partial charge in [0.05, 0.1) is 12.1 Å². The van der Waals surface area contributed by atoms with Crippen LogP contribution in [0.1, 0.15) is 43.2 Å². The van der Waals surface area contributed by atoms with Gasteiger partial charge in [-0.25, -0.2) is 0 Å². The van der Waals surface area contributed by atoms with E-state index in [1.165, 1.54) is 0 Å². The molecule has 25 heavy (non-hydrogen) atoms. The minimum atomic E-state index is -0.468. The molecular weight excluding hydrogens is 320 g/mol. The Kier molecular flexibility index (Phi) is 5.62. The van der Waals surface area contributed by atoms with E-state index in [-0.39, 0.29) is 24.3 Å². The Morgan fingerprint density at radius 2 is 1.88 bits per heavy atom. The number of hydrogen-bond acceptors (Lipinski definition) is 5. The minimum absolute atomic E-state index is 0.130. The number of ether oxygens (including phenoxy) is 1. The van der Waals surface area contributed by atoms with Gasteiger partial charge in [-0.05, 0) is 30.5 Å². The summed E-state index contributed by atoms with van der Waals surface area (Å²) in [6, 6.07) is 7.45. The number of nitrogens with one attached hydrogen (secondary N) is 1. The summed E-state index contributed by atoms with van der Waals surface area (Å²) in [6.07, 6.45) is 0.130. The molecule has 1 heterocycles. The Morgan fingerprint density at radius 3 is 2.48 bits per heavy atom. The van der Waals surface area contributed by atoms with E-state index < -0.39 is 11.9 Å². The molecule has 0 aliphatic rings. The van der Waals surface area contributed by atoms with Crippen LogP contribution >= 0.6 is 0 Å². The number of esters is 1. The molecule has 0 fully saturated rings. The van der Waals surface area contributed by atoms with Crippen molar-refractivity contribution < 1.29 is 18.8 Å². The highest BCUT2D eigenvalue weighted by atomic mass is 16.5. The van der Waals surface area contributed by atoms with Crippen molar-refractivity contribution in [3.05, 3.63) is 46.6 Å². The van der Waals surface area contributed by atoms with Crippen molar-refractivity contribution in [3.63, 3.8) is 0 Å². The van der Waals surface area contributed by atoms with Crippen molar-refractivity contribution >= 4 is 17.8 Å². The van der Waals surface area contributed by atoms with Gasteiger partial charge in [-0.2, -0.15) is 0 Å². The molecular formula is C19H24N2O4. The first-order chi connectivity index (χ1) is 11.6. The molecule has 6 heteroatoms. The second-order valence-electron chi connectivity index (χ2n) is 7.13. The largest absolute Gasteiger partial charge is 0.455 e. The van der Waals surface area contributed by atoms with Gasteiger partial charge in [-0.15, -0.1) is 0 Å². The summed E-state index contributed by atoms with van der Waals surface area (Å²) in [5.74, 6) is -0.684. The van der Waals surface area contributed by atoms with Gasteiger partial charge in [0.2, 0.25) is 5.88 Å². The van der Waals surface area contributed by atoms with Crippen LogP contribution in [-0.4, -0.2) is 23.6 Å². The molecule has 0 atom stereocenters. The predicted molar refractivity (Wildman–Crippen MR) is 94.4 cm³/mol. The zero-order valence-electron chi connectivity index (χ0n) is 15.3. The molecule has 0 radical (unpaired) electrons. The van der Waals surface area contributed by atoms with Crippen LogP contribution in [0, 0.1) is 13.8 Å². The quantitative estimate of drug-likeness (QED) is 0.842. The van der Waals surface area contributed by atoms with Crippen molar-refractivity contribution in [2.75, 3.05) is 11.9 Å². The van der Waals surface area contributed by atoms with E-state index in [9.17, 15) is 9.59 Å².